The molecule has 1 rings (SSSR count). The zero-order valence-corrected chi connectivity index (χ0v) is 6.73. The van der Waals surface area contributed by atoms with Crippen LogP contribution >= 0.6 is 0 Å². The van der Waals surface area contributed by atoms with Crippen molar-refractivity contribution in [2.75, 3.05) is 19.8 Å². The minimum absolute atomic E-state index is 0.176. The van der Waals surface area contributed by atoms with Gasteiger partial charge in [-0.25, -0.2) is 4.79 Å². The minimum Gasteiger partial charge on any atom is -0.456 e. The fourth-order valence-corrected chi connectivity index (χ4v) is 0.801. The molecular weight excluding hydrogens is 162 g/mol. The van der Waals surface area contributed by atoms with Crippen LogP contribution in [0.25, 0.3) is 0 Å². The summed E-state index contributed by atoms with van der Waals surface area (Å²) in [5, 5.41) is 9.09. The van der Waals surface area contributed by atoms with Crippen LogP contribution < -0.4 is 5.73 Å². The number of rotatable bonds is 4. The smallest absolute Gasteiger partial charge is 0.335 e. The predicted octanol–water partition coefficient (Wildman–Crippen LogP) is -1.36. The summed E-state index contributed by atoms with van der Waals surface area (Å²) < 4.78 is 9.62. The van der Waals surface area contributed by atoms with Gasteiger partial charge in [0.25, 0.3) is 0 Å². The maximum atomic E-state index is 11.0. The predicted molar refractivity (Wildman–Crippen MR) is 40.4 cm³/mol. The van der Waals surface area contributed by atoms with Crippen LogP contribution in [0.15, 0.2) is 0 Å². The van der Waals surface area contributed by atoms with Gasteiger partial charge in [-0.1, -0.05) is 0 Å². The second-order valence-corrected chi connectivity index (χ2v) is 2.69. The summed E-state index contributed by atoms with van der Waals surface area (Å²) in [6, 6.07) is 0. The molecule has 0 radical (unpaired) electrons. The van der Waals surface area contributed by atoms with Crippen LogP contribution in [0.3, 0.4) is 0 Å². The first-order valence-electron chi connectivity index (χ1n) is 3.90. The normalized spacial score (nSPS) is 19.8. The van der Waals surface area contributed by atoms with Crippen LogP contribution in [0.4, 0.5) is 0 Å². The lowest BCUT2D eigenvalue weighted by molar-refractivity contribution is -0.181. The molecule has 1 atom stereocenters. The highest BCUT2D eigenvalue weighted by Crippen LogP contribution is 2.07. The second kappa shape index (κ2) is 4.39. The van der Waals surface area contributed by atoms with Gasteiger partial charge in [0.2, 0.25) is 0 Å². The van der Waals surface area contributed by atoms with E-state index in [9.17, 15) is 4.79 Å². The van der Waals surface area contributed by atoms with Crippen LogP contribution in [0, 0.1) is 0 Å². The van der Waals surface area contributed by atoms with Crippen molar-refractivity contribution < 1.29 is 19.4 Å². The molecule has 0 aromatic carbocycles. The van der Waals surface area contributed by atoms with E-state index in [-0.39, 0.29) is 19.1 Å². The number of nitrogens with two attached hydrogens (primary N) is 1. The van der Waals surface area contributed by atoms with Crippen molar-refractivity contribution >= 4 is 5.97 Å². The Hall–Kier alpha value is -0.650. The standard InChI is InChI=1S/C7H13NO4/c8-2-1-6(9)7(10)12-5-3-11-4-5/h5-6,9H,1-4,8H2. The lowest BCUT2D eigenvalue weighted by Gasteiger charge is -2.26. The molecule has 1 aliphatic heterocycles. The monoisotopic (exact) mass is 175 g/mol. The number of aliphatic hydroxyl groups excluding tert-OH is 1. The van der Waals surface area contributed by atoms with E-state index in [2.05, 4.69) is 0 Å². The molecule has 70 valence electrons. The van der Waals surface area contributed by atoms with Crippen LogP contribution in [0.2, 0.25) is 0 Å². The van der Waals surface area contributed by atoms with Crippen molar-refractivity contribution in [1.82, 2.24) is 0 Å². The highest BCUT2D eigenvalue weighted by atomic mass is 16.6. The molecule has 5 heteroatoms. The van der Waals surface area contributed by atoms with Crippen LogP contribution in [0.5, 0.6) is 0 Å². The first-order valence-corrected chi connectivity index (χ1v) is 3.90. The fourth-order valence-electron chi connectivity index (χ4n) is 0.801. The van der Waals surface area contributed by atoms with Gasteiger partial charge in [0.05, 0.1) is 13.2 Å². The first-order chi connectivity index (χ1) is 5.74. The van der Waals surface area contributed by atoms with Crippen molar-refractivity contribution in [3.8, 4) is 0 Å². The number of hydrogen-bond acceptors (Lipinski definition) is 5. The van der Waals surface area contributed by atoms with E-state index in [1.807, 2.05) is 0 Å². The van der Waals surface area contributed by atoms with Crippen molar-refractivity contribution in [3.05, 3.63) is 0 Å². The number of hydrogen-bond donors (Lipinski definition) is 2. The van der Waals surface area contributed by atoms with Gasteiger partial charge in [-0.3, -0.25) is 0 Å². The van der Waals surface area contributed by atoms with Gasteiger partial charge in [0, 0.05) is 0 Å². The maximum absolute atomic E-state index is 11.0. The van der Waals surface area contributed by atoms with Gasteiger partial charge in [0.15, 0.2) is 6.10 Å². The van der Waals surface area contributed by atoms with Gasteiger partial charge in [-0.05, 0) is 13.0 Å². The fraction of sp³-hybridized carbons (Fsp3) is 0.857. The highest BCUT2D eigenvalue weighted by molar-refractivity contribution is 5.74. The molecule has 0 aromatic rings. The molecule has 0 spiro atoms. The Morgan fingerprint density at radius 2 is 2.42 bits per heavy atom. The molecule has 0 bridgehead atoms. The summed E-state index contributed by atoms with van der Waals surface area (Å²) >= 11 is 0. The number of ether oxygens (including phenoxy) is 2. The molecule has 1 aliphatic rings. The molecule has 0 aliphatic carbocycles. The van der Waals surface area contributed by atoms with E-state index >= 15 is 0 Å². The Bertz CT molecular complexity index is 157. The van der Waals surface area contributed by atoms with Gasteiger partial charge < -0.3 is 20.3 Å². The largest absolute Gasteiger partial charge is 0.456 e. The molecular formula is C7H13NO4. The number of aliphatic hydroxyl groups is 1. The van der Waals surface area contributed by atoms with E-state index in [1.165, 1.54) is 0 Å². The van der Waals surface area contributed by atoms with E-state index in [4.69, 9.17) is 20.3 Å². The summed E-state index contributed by atoms with van der Waals surface area (Å²) in [6.07, 6.45) is -1.02. The van der Waals surface area contributed by atoms with E-state index < -0.39 is 12.1 Å². The van der Waals surface area contributed by atoms with Crippen LogP contribution in [-0.2, 0) is 14.3 Å². The third kappa shape index (κ3) is 2.44. The summed E-state index contributed by atoms with van der Waals surface area (Å²) in [7, 11) is 0. The zero-order valence-electron chi connectivity index (χ0n) is 6.73. The lowest BCUT2D eigenvalue weighted by Crippen LogP contribution is -2.40. The Kier molecular flexibility index (Phi) is 3.46. The highest BCUT2D eigenvalue weighted by Gasteiger charge is 2.25. The molecule has 0 saturated carbocycles. The molecule has 1 saturated heterocycles. The van der Waals surface area contributed by atoms with Gasteiger partial charge in [-0.2, -0.15) is 0 Å². The Morgan fingerprint density at radius 3 is 2.83 bits per heavy atom. The van der Waals surface area contributed by atoms with E-state index in [0.717, 1.165) is 0 Å². The molecule has 5 nitrogen and oxygen atoms in total. The summed E-state index contributed by atoms with van der Waals surface area (Å²) in [5.74, 6) is -0.603. The van der Waals surface area contributed by atoms with E-state index in [1.54, 1.807) is 0 Å². The van der Waals surface area contributed by atoms with Crippen molar-refractivity contribution in [2.45, 2.75) is 18.6 Å². The SMILES string of the molecule is NCCC(O)C(=O)OC1COC1. The number of carbonyl (C=O) groups is 1. The van der Waals surface area contributed by atoms with Crippen LogP contribution in [0.1, 0.15) is 6.42 Å². The summed E-state index contributed by atoms with van der Waals surface area (Å²) in [5.41, 5.74) is 5.15. The third-order valence-electron chi connectivity index (χ3n) is 1.60. The van der Waals surface area contributed by atoms with Crippen molar-refractivity contribution in [1.29, 1.82) is 0 Å². The van der Waals surface area contributed by atoms with Crippen LogP contribution in [-0.4, -0.2) is 43.0 Å². The molecule has 1 fully saturated rings. The summed E-state index contributed by atoms with van der Waals surface area (Å²) in [4.78, 5) is 11.0. The second-order valence-electron chi connectivity index (χ2n) is 2.69. The van der Waals surface area contributed by atoms with Gasteiger partial charge >= 0.3 is 5.97 Å². The average Bonchev–Trinajstić information content (AvgIpc) is 1.97. The number of esters is 1. The molecule has 12 heavy (non-hydrogen) atoms. The molecule has 0 aromatic heterocycles. The molecule has 0 amide bonds. The maximum Gasteiger partial charge on any atom is 0.335 e. The zero-order chi connectivity index (χ0) is 8.97. The van der Waals surface area contributed by atoms with Crippen molar-refractivity contribution in [2.24, 2.45) is 5.73 Å². The molecule has 1 heterocycles. The third-order valence-corrected chi connectivity index (χ3v) is 1.60. The Morgan fingerprint density at radius 1 is 1.75 bits per heavy atom. The first kappa shape index (κ1) is 9.44. The lowest BCUT2D eigenvalue weighted by atomic mass is 10.2. The number of carbonyl (C=O) groups excluding carboxylic acids is 1. The Balaban J connectivity index is 2.16. The molecule has 3 N–H and O–H groups in total. The van der Waals surface area contributed by atoms with Gasteiger partial charge in [-0.15, -0.1) is 0 Å². The van der Waals surface area contributed by atoms with E-state index in [0.29, 0.717) is 13.2 Å². The Labute approximate surface area is 70.4 Å². The average molecular weight is 175 g/mol. The minimum atomic E-state index is -1.09. The molecule has 1 unspecified atom stereocenters. The summed E-state index contributed by atoms with van der Waals surface area (Å²) in [6.45, 7) is 1.14. The quantitative estimate of drug-likeness (QED) is 0.515. The topological polar surface area (TPSA) is 81.8 Å². The van der Waals surface area contributed by atoms with Crippen molar-refractivity contribution in [3.63, 3.8) is 0 Å². The van der Waals surface area contributed by atoms with Gasteiger partial charge in [0.1, 0.15) is 6.10 Å².